The van der Waals surface area contributed by atoms with Gasteiger partial charge in [0.2, 0.25) is 5.82 Å². The van der Waals surface area contributed by atoms with Crippen LogP contribution in [-0.4, -0.2) is 33.9 Å². The number of rotatable bonds is 7. The lowest BCUT2D eigenvalue weighted by molar-refractivity contribution is 0.438. The molecule has 0 spiro atoms. The number of halogens is 3. The molecule has 0 radical (unpaired) electrons. The summed E-state index contributed by atoms with van der Waals surface area (Å²) in [5.41, 5.74) is 6.60. The van der Waals surface area contributed by atoms with Crippen LogP contribution < -0.4 is 19.9 Å². The molecule has 3 aromatic rings. The van der Waals surface area contributed by atoms with Gasteiger partial charge in [-0.15, -0.1) is 0 Å². The number of hydrogen-bond donors (Lipinski definition) is 3. The minimum absolute atomic E-state index is 0.0209. The number of nitrogens with two attached hydrogens (primary N) is 1. The summed E-state index contributed by atoms with van der Waals surface area (Å²) in [4.78, 5) is 7.57. The van der Waals surface area contributed by atoms with Crippen LogP contribution in [0.15, 0.2) is 36.7 Å². The van der Waals surface area contributed by atoms with Crippen molar-refractivity contribution in [3.8, 4) is 22.8 Å². The molecule has 176 valence electrons. The van der Waals surface area contributed by atoms with Crippen LogP contribution in [0.1, 0.15) is 5.56 Å². The normalized spacial score (nSPS) is 11.9. The first-order valence-electron chi connectivity index (χ1n) is 8.87. The van der Waals surface area contributed by atoms with Gasteiger partial charge in [-0.25, -0.2) is 14.1 Å². The van der Waals surface area contributed by atoms with E-state index < -0.39 is 41.3 Å². The van der Waals surface area contributed by atoms with Crippen LogP contribution in [0, 0.1) is 18.6 Å². The van der Waals surface area contributed by atoms with E-state index in [0.29, 0.717) is 0 Å². The summed E-state index contributed by atoms with van der Waals surface area (Å²) in [6.45, 7) is 1.52. The predicted molar refractivity (Wildman–Crippen MR) is 119 cm³/mol. The first-order valence-corrected chi connectivity index (χ1v) is 12.7. The summed E-state index contributed by atoms with van der Waals surface area (Å²) < 4.78 is 84.7. The zero-order chi connectivity index (χ0) is 24.6. The Labute approximate surface area is 192 Å². The largest absolute Gasteiger partial charge is 0.452 e. The smallest absolute Gasteiger partial charge is 0.354 e. The van der Waals surface area contributed by atoms with Gasteiger partial charge in [-0.05, 0) is 32.2 Å². The van der Waals surface area contributed by atoms with Gasteiger partial charge in [0.25, 0.3) is 0 Å². The minimum Gasteiger partial charge on any atom is -0.452 e. The molecule has 0 bridgehead atoms. The van der Waals surface area contributed by atoms with Gasteiger partial charge in [0, 0.05) is 28.4 Å². The molecular formula is C18H16ClF2N5O5S2. The molecule has 0 saturated carbocycles. The van der Waals surface area contributed by atoms with Crippen LogP contribution >= 0.6 is 11.6 Å². The second-order valence-electron chi connectivity index (χ2n) is 6.42. The number of nitrogens with zero attached hydrogens (tertiary/aromatic N) is 2. The lowest BCUT2D eigenvalue weighted by atomic mass is 10.1. The minimum atomic E-state index is -5.06. The van der Waals surface area contributed by atoms with Crippen molar-refractivity contribution < 1.29 is 30.4 Å². The summed E-state index contributed by atoms with van der Waals surface area (Å²) >= 11 is 5.76. The van der Waals surface area contributed by atoms with E-state index in [1.165, 1.54) is 30.0 Å². The Kier molecular flexibility index (Phi) is 6.74. The molecule has 0 unspecified atom stereocenters. The van der Waals surface area contributed by atoms with Gasteiger partial charge < -0.3 is 10.5 Å². The third-order valence-corrected chi connectivity index (χ3v) is 8.60. The first-order chi connectivity index (χ1) is 15.4. The molecule has 0 aliphatic heterocycles. The Bertz CT molecular complexity index is 1450. The van der Waals surface area contributed by atoms with E-state index in [9.17, 15) is 25.6 Å². The SMILES string of the molecule is CNS(=O)(=O)S(=O)(=O)Nc1nccc(Oc2cnc(-c3ccc(Cl)cc3F)c(N)c2C)c1F. The molecule has 2 heterocycles. The van der Waals surface area contributed by atoms with Crippen molar-refractivity contribution in [3.05, 3.63) is 58.9 Å². The molecule has 1 aromatic carbocycles. The second kappa shape index (κ2) is 9.05. The van der Waals surface area contributed by atoms with E-state index in [1.807, 2.05) is 0 Å². The van der Waals surface area contributed by atoms with Crippen LogP contribution in [-0.2, 0) is 18.1 Å². The quantitative estimate of drug-likeness (QED) is 0.403. The topological polar surface area (TPSA) is 153 Å². The van der Waals surface area contributed by atoms with Gasteiger partial charge in [-0.3, -0.25) is 9.71 Å². The zero-order valence-corrected chi connectivity index (χ0v) is 19.3. The molecular weight excluding hydrogens is 504 g/mol. The van der Waals surface area contributed by atoms with Crippen molar-refractivity contribution in [1.29, 1.82) is 0 Å². The van der Waals surface area contributed by atoms with E-state index >= 15 is 0 Å². The molecule has 3 rings (SSSR count). The van der Waals surface area contributed by atoms with Crippen molar-refractivity contribution in [2.75, 3.05) is 17.5 Å². The molecule has 0 aliphatic rings. The molecule has 4 N–H and O–H groups in total. The van der Waals surface area contributed by atoms with E-state index in [4.69, 9.17) is 22.1 Å². The lowest BCUT2D eigenvalue weighted by Crippen LogP contribution is -2.33. The van der Waals surface area contributed by atoms with Crippen molar-refractivity contribution >= 4 is 41.2 Å². The van der Waals surface area contributed by atoms with Crippen molar-refractivity contribution in [2.45, 2.75) is 6.92 Å². The van der Waals surface area contributed by atoms with Crippen molar-refractivity contribution in [3.63, 3.8) is 0 Å². The number of pyridine rings is 2. The molecule has 10 nitrogen and oxygen atoms in total. The lowest BCUT2D eigenvalue weighted by Gasteiger charge is -2.15. The standard InChI is InChI=1S/C18H16ClF2N5O5S2/c1-9-14(8-25-17(16(9)22)11-4-3-10(19)7-12(11)20)31-13-5-6-24-18(15(13)21)26-33(29,30)32(27,28)23-2/h3-8,23H,22H2,1-2H3,(H,24,26). The van der Waals surface area contributed by atoms with Gasteiger partial charge in [0.1, 0.15) is 5.82 Å². The fourth-order valence-electron chi connectivity index (χ4n) is 2.58. The van der Waals surface area contributed by atoms with Gasteiger partial charge in [-0.1, -0.05) is 11.6 Å². The van der Waals surface area contributed by atoms with Gasteiger partial charge >= 0.3 is 18.1 Å². The van der Waals surface area contributed by atoms with Crippen LogP contribution in [0.2, 0.25) is 5.02 Å². The number of nitrogens with one attached hydrogen (secondary N) is 2. The summed E-state index contributed by atoms with van der Waals surface area (Å²) in [7, 11) is -9.02. The van der Waals surface area contributed by atoms with Gasteiger partial charge in [0.15, 0.2) is 17.3 Å². The first kappa shape index (κ1) is 24.6. The monoisotopic (exact) mass is 519 g/mol. The van der Waals surface area contributed by atoms with Crippen LogP contribution in [0.25, 0.3) is 11.3 Å². The average molecular weight is 520 g/mol. The van der Waals surface area contributed by atoms with E-state index in [0.717, 1.165) is 25.4 Å². The number of benzene rings is 1. The van der Waals surface area contributed by atoms with Gasteiger partial charge in [-0.2, -0.15) is 21.2 Å². The van der Waals surface area contributed by atoms with E-state index in [2.05, 4.69) is 9.97 Å². The number of nitrogen functional groups attached to an aromatic ring is 1. The average Bonchev–Trinajstić information content (AvgIpc) is 2.74. The third kappa shape index (κ3) is 4.83. The molecule has 15 heteroatoms. The summed E-state index contributed by atoms with van der Waals surface area (Å²) in [5.74, 6) is -3.38. The maximum Gasteiger partial charge on any atom is 0.354 e. The fraction of sp³-hybridized carbons (Fsp3) is 0.111. The number of ether oxygens (including phenoxy) is 1. The van der Waals surface area contributed by atoms with Crippen LogP contribution in [0.5, 0.6) is 11.5 Å². The Hall–Kier alpha value is -3.07. The Balaban J connectivity index is 1.96. The number of anilines is 2. The van der Waals surface area contributed by atoms with E-state index in [1.54, 1.807) is 4.72 Å². The van der Waals surface area contributed by atoms with Crippen LogP contribution in [0.3, 0.4) is 0 Å². The highest BCUT2D eigenvalue weighted by molar-refractivity contribution is 8.66. The molecule has 2 aromatic heterocycles. The fourth-order valence-corrected chi connectivity index (χ4v) is 4.67. The Morgan fingerprint density at radius 2 is 1.76 bits per heavy atom. The second-order valence-corrected chi connectivity index (χ2v) is 11.9. The molecule has 0 atom stereocenters. The highest BCUT2D eigenvalue weighted by Crippen LogP contribution is 2.36. The summed E-state index contributed by atoms with van der Waals surface area (Å²) in [5, 5.41) is 0.189. The third-order valence-electron chi connectivity index (χ3n) is 4.36. The summed E-state index contributed by atoms with van der Waals surface area (Å²) in [6.07, 6.45) is 2.16. The highest BCUT2D eigenvalue weighted by Gasteiger charge is 2.30. The molecule has 0 amide bonds. The Morgan fingerprint density at radius 1 is 1.06 bits per heavy atom. The molecule has 0 fully saturated rings. The van der Waals surface area contributed by atoms with Crippen molar-refractivity contribution in [1.82, 2.24) is 14.7 Å². The van der Waals surface area contributed by atoms with E-state index in [-0.39, 0.29) is 33.3 Å². The zero-order valence-electron chi connectivity index (χ0n) is 16.9. The highest BCUT2D eigenvalue weighted by atomic mass is 35.5. The molecule has 0 saturated heterocycles. The maximum absolute atomic E-state index is 14.8. The van der Waals surface area contributed by atoms with Gasteiger partial charge in [0.05, 0.1) is 17.6 Å². The molecule has 0 aliphatic carbocycles. The Morgan fingerprint density at radius 3 is 2.39 bits per heavy atom. The van der Waals surface area contributed by atoms with Crippen molar-refractivity contribution in [2.24, 2.45) is 0 Å². The predicted octanol–water partition coefficient (Wildman–Crippen LogP) is 2.96. The maximum atomic E-state index is 14.8. The molecule has 33 heavy (non-hydrogen) atoms. The number of hydrogen-bond acceptors (Lipinski definition) is 8. The number of aromatic nitrogens is 2. The van der Waals surface area contributed by atoms with Crippen LogP contribution in [0.4, 0.5) is 20.3 Å². The summed E-state index contributed by atoms with van der Waals surface area (Å²) in [6, 6.07) is 5.03.